The molecule has 3 nitrogen and oxygen atoms in total. The quantitative estimate of drug-likeness (QED) is 0.860. The number of hydrogen-bond donors (Lipinski definition) is 1. The van der Waals surface area contributed by atoms with E-state index >= 15 is 0 Å². The first-order chi connectivity index (χ1) is 10.0. The van der Waals surface area contributed by atoms with Gasteiger partial charge in [0, 0.05) is 12.0 Å². The third-order valence-corrected chi connectivity index (χ3v) is 5.08. The molecule has 21 heavy (non-hydrogen) atoms. The molecule has 0 atom stereocenters. The van der Waals surface area contributed by atoms with E-state index in [0.717, 1.165) is 43.6 Å². The lowest BCUT2D eigenvalue weighted by Crippen LogP contribution is -2.43. The topological polar surface area (TPSA) is 46.3 Å². The molecule has 3 heteroatoms. The molecule has 114 valence electrons. The first-order valence-corrected chi connectivity index (χ1v) is 8.23. The summed E-state index contributed by atoms with van der Waals surface area (Å²) in [6, 6.07) is 6.00. The standard InChI is InChI=1S/C18H26N2O/c1-13(2)12-18(9-3-4-10-18)17(21)20-11-8-14-6-5-7-15(19)16(14)20/h5-7,13H,3-4,8-12,19H2,1-2H3. The maximum absolute atomic E-state index is 13.3. The summed E-state index contributed by atoms with van der Waals surface area (Å²) in [6.07, 6.45) is 6.40. The molecule has 0 spiro atoms. The Bertz CT molecular complexity index is 544. The fourth-order valence-corrected chi connectivity index (χ4v) is 4.31. The number of amides is 1. The number of carbonyl (C=O) groups is 1. The van der Waals surface area contributed by atoms with E-state index in [1.54, 1.807) is 0 Å². The zero-order valence-electron chi connectivity index (χ0n) is 13.2. The Kier molecular flexibility index (Phi) is 3.68. The van der Waals surface area contributed by atoms with Gasteiger partial charge in [0.25, 0.3) is 0 Å². The second-order valence-electron chi connectivity index (χ2n) is 7.15. The molecular weight excluding hydrogens is 260 g/mol. The van der Waals surface area contributed by atoms with Crippen molar-refractivity contribution in [2.45, 2.75) is 52.4 Å². The fourth-order valence-electron chi connectivity index (χ4n) is 4.31. The van der Waals surface area contributed by atoms with Gasteiger partial charge in [0.1, 0.15) is 0 Å². The number of fused-ring (bicyclic) bond motifs is 1. The summed E-state index contributed by atoms with van der Waals surface area (Å²) in [5.41, 5.74) is 8.96. The molecule has 1 aromatic carbocycles. The molecule has 1 heterocycles. The molecule has 0 radical (unpaired) electrons. The predicted molar refractivity (Wildman–Crippen MR) is 87.3 cm³/mol. The van der Waals surface area contributed by atoms with E-state index in [2.05, 4.69) is 19.9 Å². The number of benzene rings is 1. The third kappa shape index (κ3) is 2.43. The summed E-state index contributed by atoms with van der Waals surface area (Å²) in [5, 5.41) is 0. The lowest BCUT2D eigenvalue weighted by atomic mass is 9.77. The van der Waals surface area contributed by atoms with Crippen LogP contribution in [0.2, 0.25) is 0 Å². The number of hydrogen-bond acceptors (Lipinski definition) is 2. The highest BCUT2D eigenvalue weighted by molar-refractivity contribution is 6.02. The minimum absolute atomic E-state index is 0.141. The summed E-state index contributed by atoms with van der Waals surface area (Å²) < 4.78 is 0. The molecule has 1 aliphatic heterocycles. The van der Waals surface area contributed by atoms with Crippen LogP contribution in [0.1, 0.15) is 51.5 Å². The highest BCUT2D eigenvalue weighted by Crippen LogP contribution is 2.47. The zero-order chi connectivity index (χ0) is 15.0. The molecule has 3 rings (SSSR count). The molecule has 1 amide bonds. The number of anilines is 2. The average molecular weight is 286 g/mol. The van der Waals surface area contributed by atoms with Crippen molar-refractivity contribution in [3.05, 3.63) is 23.8 Å². The van der Waals surface area contributed by atoms with Gasteiger partial charge < -0.3 is 10.6 Å². The number of nitrogens with two attached hydrogens (primary N) is 1. The van der Waals surface area contributed by atoms with Crippen molar-refractivity contribution < 1.29 is 4.79 Å². The summed E-state index contributed by atoms with van der Waals surface area (Å²) in [5.74, 6) is 0.882. The average Bonchev–Trinajstić information content (AvgIpc) is 3.05. The molecule has 2 N–H and O–H groups in total. The molecule has 1 saturated carbocycles. The van der Waals surface area contributed by atoms with Crippen LogP contribution in [0.3, 0.4) is 0 Å². The molecule has 0 bridgehead atoms. The second kappa shape index (κ2) is 5.36. The van der Waals surface area contributed by atoms with E-state index in [1.165, 1.54) is 18.4 Å². The Hall–Kier alpha value is -1.51. The van der Waals surface area contributed by atoms with Crippen molar-refractivity contribution in [3.8, 4) is 0 Å². The smallest absolute Gasteiger partial charge is 0.233 e. The maximum atomic E-state index is 13.3. The number of para-hydroxylation sites is 1. The van der Waals surface area contributed by atoms with Crippen molar-refractivity contribution in [1.29, 1.82) is 0 Å². The van der Waals surface area contributed by atoms with Crippen LogP contribution in [0.5, 0.6) is 0 Å². The highest BCUT2D eigenvalue weighted by Gasteiger charge is 2.45. The molecule has 0 unspecified atom stereocenters. The van der Waals surface area contributed by atoms with Crippen molar-refractivity contribution >= 4 is 17.3 Å². The molecule has 1 aliphatic carbocycles. The van der Waals surface area contributed by atoms with Gasteiger partial charge in [0.2, 0.25) is 5.91 Å². The summed E-state index contributed by atoms with van der Waals surface area (Å²) in [6.45, 7) is 5.24. The molecule has 2 aliphatic rings. The third-order valence-electron chi connectivity index (χ3n) is 5.08. The monoisotopic (exact) mass is 286 g/mol. The summed E-state index contributed by atoms with van der Waals surface area (Å²) in [7, 11) is 0. The molecule has 0 aromatic heterocycles. The summed E-state index contributed by atoms with van der Waals surface area (Å²) in [4.78, 5) is 15.3. The van der Waals surface area contributed by atoms with Gasteiger partial charge >= 0.3 is 0 Å². The Morgan fingerprint density at radius 1 is 1.33 bits per heavy atom. The normalized spacial score (nSPS) is 20.0. The van der Waals surface area contributed by atoms with Crippen LogP contribution in [-0.4, -0.2) is 12.5 Å². The van der Waals surface area contributed by atoms with Crippen LogP contribution in [0, 0.1) is 11.3 Å². The van der Waals surface area contributed by atoms with Gasteiger partial charge in [-0.1, -0.05) is 38.8 Å². The maximum Gasteiger partial charge on any atom is 0.233 e. The van der Waals surface area contributed by atoms with Crippen LogP contribution < -0.4 is 10.6 Å². The lowest BCUT2D eigenvalue weighted by Gasteiger charge is -2.34. The van der Waals surface area contributed by atoms with Crippen LogP contribution in [0.15, 0.2) is 18.2 Å². The second-order valence-corrected chi connectivity index (χ2v) is 7.15. The Morgan fingerprint density at radius 3 is 2.71 bits per heavy atom. The number of nitrogen functional groups attached to an aromatic ring is 1. The van der Waals surface area contributed by atoms with E-state index < -0.39 is 0 Å². The van der Waals surface area contributed by atoms with Gasteiger partial charge in [-0.05, 0) is 43.2 Å². The van der Waals surface area contributed by atoms with Gasteiger partial charge in [-0.25, -0.2) is 0 Å². The van der Waals surface area contributed by atoms with Crippen molar-refractivity contribution in [3.63, 3.8) is 0 Å². The van der Waals surface area contributed by atoms with Gasteiger partial charge in [-0.3, -0.25) is 4.79 Å². The van der Waals surface area contributed by atoms with Crippen molar-refractivity contribution in [2.75, 3.05) is 17.2 Å². The van der Waals surface area contributed by atoms with Gasteiger partial charge in [-0.15, -0.1) is 0 Å². The van der Waals surface area contributed by atoms with Crippen molar-refractivity contribution in [2.24, 2.45) is 11.3 Å². The van der Waals surface area contributed by atoms with Crippen LogP contribution in [0.25, 0.3) is 0 Å². The predicted octanol–water partition coefficient (Wildman–Crippen LogP) is 3.76. The summed E-state index contributed by atoms with van der Waals surface area (Å²) >= 11 is 0. The molecule has 1 aromatic rings. The molecule has 0 saturated heterocycles. The van der Waals surface area contributed by atoms with E-state index in [0.29, 0.717) is 11.8 Å². The van der Waals surface area contributed by atoms with E-state index in [4.69, 9.17) is 5.73 Å². The van der Waals surface area contributed by atoms with Crippen LogP contribution >= 0.6 is 0 Å². The first kappa shape index (κ1) is 14.4. The Morgan fingerprint density at radius 2 is 2.05 bits per heavy atom. The van der Waals surface area contributed by atoms with Gasteiger partial charge in [0.05, 0.1) is 11.4 Å². The number of nitrogens with zero attached hydrogens (tertiary/aromatic N) is 1. The highest BCUT2D eigenvalue weighted by atomic mass is 16.2. The number of carbonyl (C=O) groups excluding carboxylic acids is 1. The number of rotatable bonds is 3. The van der Waals surface area contributed by atoms with Crippen LogP contribution in [-0.2, 0) is 11.2 Å². The SMILES string of the molecule is CC(C)CC1(C(=O)N2CCc3cccc(N)c32)CCCC1. The fraction of sp³-hybridized carbons (Fsp3) is 0.611. The van der Waals surface area contributed by atoms with Crippen LogP contribution in [0.4, 0.5) is 11.4 Å². The van der Waals surface area contributed by atoms with E-state index in [9.17, 15) is 4.79 Å². The van der Waals surface area contributed by atoms with E-state index in [1.807, 2.05) is 17.0 Å². The Balaban J connectivity index is 1.93. The molecule has 1 fully saturated rings. The Labute approximate surface area is 127 Å². The lowest BCUT2D eigenvalue weighted by molar-refractivity contribution is -0.128. The van der Waals surface area contributed by atoms with Crippen molar-refractivity contribution in [1.82, 2.24) is 0 Å². The van der Waals surface area contributed by atoms with E-state index in [-0.39, 0.29) is 5.41 Å². The largest absolute Gasteiger partial charge is 0.397 e. The minimum Gasteiger partial charge on any atom is -0.397 e. The minimum atomic E-state index is -0.141. The first-order valence-electron chi connectivity index (χ1n) is 8.23. The molecular formula is C18H26N2O. The zero-order valence-corrected chi connectivity index (χ0v) is 13.2. The van der Waals surface area contributed by atoms with Gasteiger partial charge in [-0.2, -0.15) is 0 Å². The van der Waals surface area contributed by atoms with Gasteiger partial charge in [0.15, 0.2) is 0 Å².